The first kappa shape index (κ1) is 12.4. The van der Waals surface area contributed by atoms with Crippen LogP contribution in [-0.2, 0) is 0 Å². The summed E-state index contributed by atoms with van der Waals surface area (Å²) in [5.74, 6) is 0.871. The zero-order valence-corrected chi connectivity index (χ0v) is 10.1. The van der Waals surface area contributed by atoms with Gasteiger partial charge in [0, 0.05) is 32.2 Å². The molecule has 93 valence electrons. The maximum absolute atomic E-state index is 9.06. The third-order valence-corrected chi connectivity index (χ3v) is 3.07. The van der Waals surface area contributed by atoms with Gasteiger partial charge in [-0.1, -0.05) is 12.1 Å². The fraction of sp³-hybridized carbons (Fsp3) is 0.462. The molecule has 2 rings (SSSR count). The first-order chi connectivity index (χ1) is 8.35. The van der Waals surface area contributed by atoms with Crippen LogP contribution in [0.25, 0.3) is 0 Å². The molecule has 0 bridgehead atoms. The number of hydrogen-bond donors (Lipinski definition) is 2. The molecule has 17 heavy (non-hydrogen) atoms. The van der Waals surface area contributed by atoms with Gasteiger partial charge >= 0.3 is 0 Å². The Kier molecular flexibility index (Phi) is 4.36. The quantitative estimate of drug-likeness (QED) is 0.810. The molecule has 1 aromatic carbocycles. The molecule has 1 radical (unpaired) electrons. The number of nitrogens with one attached hydrogen (secondary N) is 1. The van der Waals surface area contributed by atoms with Crippen molar-refractivity contribution in [3.63, 3.8) is 0 Å². The number of aliphatic hydroxyl groups is 1. The Morgan fingerprint density at radius 2 is 2.18 bits per heavy atom. The lowest BCUT2D eigenvalue weighted by Gasteiger charge is -2.35. The molecular weight excluding hydrogens is 216 g/mol. The van der Waals surface area contributed by atoms with Crippen molar-refractivity contribution in [2.24, 2.45) is 0 Å². The third-order valence-electron chi connectivity index (χ3n) is 3.07. The van der Waals surface area contributed by atoms with Crippen LogP contribution >= 0.6 is 0 Å². The van der Waals surface area contributed by atoms with Gasteiger partial charge in [0.1, 0.15) is 5.75 Å². The minimum absolute atomic E-state index is 0.184. The molecule has 4 nitrogen and oxygen atoms in total. The average Bonchev–Trinajstić information content (AvgIpc) is 2.40. The lowest BCUT2D eigenvalue weighted by atomic mass is 10.0. The zero-order chi connectivity index (χ0) is 12.1. The molecule has 0 saturated carbocycles. The van der Waals surface area contributed by atoms with Crippen molar-refractivity contribution >= 4 is 0 Å². The van der Waals surface area contributed by atoms with Gasteiger partial charge in [0.15, 0.2) is 0 Å². The summed E-state index contributed by atoms with van der Waals surface area (Å²) in [5.41, 5.74) is 1.24. The zero-order valence-electron chi connectivity index (χ0n) is 10.1. The highest BCUT2D eigenvalue weighted by molar-refractivity contribution is 5.29. The summed E-state index contributed by atoms with van der Waals surface area (Å²) in [7, 11) is 1.67. The predicted molar refractivity (Wildman–Crippen MR) is 66.7 cm³/mol. The van der Waals surface area contributed by atoms with E-state index < -0.39 is 0 Å². The highest BCUT2D eigenvalue weighted by Crippen LogP contribution is 2.25. The van der Waals surface area contributed by atoms with Crippen LogP contribution in [0.4, 0.5) is 0 Å². The molecule has 1 atom stereocenters. The molecule has 0 aliphatic carbocycles. The van der Waals surface area contributed by atoms with Gasteiger partial charge in [0.25, 0.3) is 0 Å². The third kappa shape index (κ3) is 2.97. The van der Waals surface area contributed by atoms with Gasteiger partial charge in [-0.25, -0.2) is 0 Å². The normalized spacial score (nSPS) is 21.4. The van der Waals surface area contributed by atoms with Crippen LogP contribution in [0.2, 0.25) is 0 Å². The van der Waals surface area contributed by atoms with E-state index in [0.29, 0.717) is 12.6 Å². The van der Waals surface area contributed by atoms with Crippen LogP contribution in [0.15, 0.2) is 24.3 Å². The van der Waals surface area contributed by atoms with Crippen LogP contribution < -0.4 is 10.1 Å². The number of β-amino-alcohol motifs (C(OH)–C–C–N with tert-alkyl or cyclic N) is 1. The lowest BCUT2D eigenvalue weighted by molar-refractivity contribution is 0.159. The Morgan fingerprint density at radius 1 is 1.41 bits per heavy atom. The number of rotatable bonds is 4. The van der Waals surface area contributed by atoms with Gasteiger partial charge in [0.05, 0.1) is 13.7 Å². The van der Waals surface area contributed by atoms with E-state index in [4.69, 9.17) is 9.84 Å². The number of ether oxygens (including phenoxy) is 1. The molecule has 1 heterocycles. The summed E-state index contributed by atoms with van der Waals surface area (Å²) in [5, 5.41) is 12.4. The maximum atomic E-state index is 9.06. The van der Waals surface area contributed by atoms with Crippen LogP contribution in [0.1, 0.15) is 11.6 Å². The highest BCUT2D eigenvalue weighted by Gasteiger charge is 2.23. The van der Waals surface area contributed by atoms with E-state index in [0.717, 1.165) is 18.8 Å². The predicted octanol–water partition coefficient (Wildman–Crippen LogP) is 0.796. The van der Waals surface area contributed by atoms with E-state index in [1.165, 1.54) is 5.56 Å². The van der Waals surface area contributed by atoms with Crippen molar-refractivity contribution in [3.8, 4) is 5.75 Å². The fourth-order valence-electron chi connectivity index (χ4n) is 2.14. The lowest BCUT2D eigenvalue weighted by Crippen LogP contribution is -2.43. The Morgan fingerprint density at radius 3 is 2.82 bits per heavy atom. The summed E-state index contributed by atoms with van der Waals surface area (Å²) >= 11 is 0. The number of piperazine rings is 1. The average molecular weight is 235 g/mol. The summed E-state index contributed by atoms with van der Waals surface area (Å²) in [6, 6.07) is 8.40. The molecule has 0 amide bonds. The van der Waals surface area contributed by atoms with E-state index in [2.05, 4.69) is 28.9 Å². The minimum Gasteiger partial charge on any atom is -0.497 e. The second-order valence-electron chi connectivity index (χ2n) is 4.09. The number of methoxy groups -OCH3 is 1. The van der Waals surface area contributed by atoms with Crippen LogP contribution in [0.3, 0.4) is 0 Å². The van der Waals surface area contributed by atoms with E-state index in [1.54, 1.807) is 7.11 Å². The molecular formula is C13H19N2O2. The highest BCUT2D eigenvalue weighted by atomic mass is 16.5. The van der Waals surface area contributed by atoms with E-state index in [1.807, 2.05) is 12.1 Å². The van der Waals surface area contributed by atoms with E-state index in [9.17, 15) is 0 Å². The standard InChI is InChI=1S/C13H19N2O2/c1-17-12-4-2-11(3-5-12)13-10-14-6-7-15(13)8-9-16/h2-5,7,13-14,16H,6,8-10H2,1H3. The van der Waals surface area contributed by atoms with Gasteiger partial charge in [-0.2, -0.15) is 0 Å². The van der Waals surface area contributed by atoms with Crippen molar-refractivity contribution in [2.45, 2.75) is 6.04 Å². The topological polar surface area (TPSA) is 44.7 Å². The number of hydrogen-bond acceptors (Lipinski definition) is 4. The summed E-state index contributed by atoms with van der Waals surface area (Å²) in [6.07, 6.45) is 0. The second-order valence-corrected chi connectivity index (χ2v) is 4.09. The summed E-state index contributed by atoms with van der Waals surface area (Å²) < 4.78 is 5.15. The molecule has 0 spiro atoms. The first-order valence-corrected chi connectivity index (χ1v) is 5.89. The van der Waals surface area contributed by atoms with Crippen molar-refractivity contribution < 1.29 is 9.84 Å². The fourth-order valence-corrected chi connectivity index (χ4v) is 2.14. The molecule has 4 heteroatoms. The number of aliphatic hydroxyl groups excluding tert-OH is 1. The van der Waals surface area contributed by atoms with Crippen molar-refractivity contribution in [2.75, 3.05) is 33.4 Å². The molecule has 2 N–H and O–H groups in total. The van der Waals surface area contributed by atoms with Crippen LogP contribution in [0, 0.1) is 6.54 Å². The maximum Gasteiger partial charge on any atom is 0.118 e. The van der Waals surface area contributed by atoms with Crippen LogP contribution in [0.5, 0.6) is 5.75 Å². The van der Waals surface area contributed by atoms with Gasteiger partial charge in [-0.05, 0) is 17.7 Å². The Balaban J connectivity index is 2.11. The minimum atomic E-state index is 0.184. The molecule has 1 fully saturated rings. The van der Waals surface area contributed by atoms with Gasteiger partial charge in [-0.15, -0.1) is 0 Å². The molecule has 1 unspecified atom stereocenters. The summed E-state index contributed by atoms with van der Waals surface area (Å²) in [6.45, 7) is 4.74. The molecule has 0 aromatic heterocycles. The number of benzene rings is 1. The van der Waals surface area contributed by atoms with Crippen LogP contribution in [-0.4, -0.2) is 43.4 Å². The molecule has 1 aliphatic heterocycles. The molecule has 1 aromatic rings. The Bertz CT molecular complexity index is 338. The smallest absolute Gasteiger partial charge is 0.118 e. The van der Waals surface area contributed by atoms with Crippen molar-refractivity contribution in [1.82, 2.24) is 10.2 Å². The van der Waals surface area contributed by atoms with Crippen molar-refractivity contribution in [3.05, 3.63) is 36.4 Å². The van der Waals surface area contributed by atoms with E-state index in [-0.39, 0.29) is 6.61 Å². The summed E-state index contributed by atoms with van der Waals surface area (Å²) in [4.78, 5) is 2.19. The number of nitrogens with zero attached hydrogens (tertiary/aromatic N) is 1. The monoisotopic (exact) mass is 235 g/mol. The molecule has 1 saturated heterocycles. The van der Waals surface area contributed by atoms with Gasteiger partial charge in [-0.3, -0.25) is 4.90 Å². The van der Waals surface area contributed by atoms with Gasteiger partial charge < -0.3 is 15.2 Å². The van der Waals surface area contributed by atoms with E-state index >= 15 is 0 Å². The Hall–Kier alpha value is -1.10. The first-order valence-electron chi connectivity index (χ1n) is 5.89. The second kappa shape index (κ2) is 6.00. The largest absolute Gasteiger partial charge is 0.497 e. The van der Waals surface area contributed by atoms with Gasteiger partial charge in [0.2, 0.25) is 0 Å². The van der Waals surface area contributed by atoms with Crippen molar-refractivity contribution in [1.29, 1.82) is 0 Å². The molecule has 1 aliphatic rings. The Labute approximate surface area is 102 Å². The SMILES string of the molecule is COc1ccc(C2CNC[CH]N2CCO)cc1.